The minimum Gasteiger partial charge on any atom is -0.396 e. The zero-order chi connectivity index (χ0) is 13.9. The van der Waals surface area contributed by atoms with Crippen LogP contribution in [-0.4, -0.2) is 11.7 Å². The zero-order valence-electron chi connectivity index (χ0n) is 10.8. The lowest BCUT2D eigenvalue weighted by molar-refractivity contribution is -0.138. The first-order chi connectivity index (χ1) is 9.04. The number of aliphatic hydroxyl groups excluding tert-OH is 1. The van der Waals surface area contributed by atoms with Gasteiger partial charge in [0.05, 0.1) is 5.56 Å². The normalized spacial score (nSPS) is 18.7. The highest BCUT2D eigenvalue weighted by atomic mass is 19.4. The van der Waals surface area contributed by atoms with Crippen LogP contribution in [0.5, 0.6) is 0 Å². The van der Waals surface area contributed by atoms with E-state index in [1.807, 2.05) is 0 Å². The molecule has 1 saturated carbocycles. The molecule has 1 atom stereocenters. The predicted octanol–water partition coefficient (Wildman–Crippen LogP) is 4.36. The van der Waals surface area contributed by atoms with E-state index in [2.05, 4.69) is 0 Å². The molecule has 0 amide bonds. The van der Waals surface area contributed by atoms with Crippen LogP contribution in [0.25, 0.3) is 0 Å². The largest absolute Gasteiger partial charge is 0.416 e. The molecule has 1 unspecified atom stereocenters. The van der Waals surface area contributed by atoms with E-state index in [-0.39, 0.29) is 18.4 Å². The highest BCUT2D eigenvalue weighted by molar-refractivity contribution is 5.33. The molecule has 0 spiro atoms. The highest BCUT2D eigenvalue weighted by Gasteiger charge is 2.37. The van der Waals surface area contributed by atoms with Crippen LogP contribution in [0.3, 0.4) is 0 Å². The Morgan fingerprint density at radius 3 is 2.37 bits per heavy atom. The first kappa shape index (κ1) is 14.4. The van der Waals surface area contributed by atoms with Gasteiger partial charge in [0.25, 0.3) is 0 Å². The topological polar surface area (TPSA) is 20.2 Å². The van der Waals surface area contributed by atoms with Crippen molar-refractivity contribution in [2.75, 3.05) is 6.61 Å². The Morgan fingerprint density at radius 2 is 1.79 bits per heavy atom. The van der Waals surface area contributed by atoms with Gasteiger partial charge < -0.3 is 5.11 Å². The van der Waals surface area contributed by atoms with Crippen molar-refractivity contribution in [3.63, 3.8) is 0 Å². The maximum Gasteiger partial charge on any atom is 0.416 e. The molecule has 1 N–H and O–H groups in total. The van der Waals surface area contributed by atoms with Gasteiger partial charge in [0.2, 0.25) is 0 Å². The van der Waals surface area contributed by atoms with Crippen LogP contribution in [-0.2, 0) is 6.18 Å². The Hall–Kier alpha value is -1.03. The molecule has 4 heteroatoms. The van der Waals surface area contributed by atoms with Gasteiger partial charge in [-0.15, -0.1) is 0 Å². The summed E-state index contributed by atoms with van der Waals surface area (Å²) in [6, 6.07) is 5.80. The van der Waals surface area contributed by atoms with Gasteiger partial charge in [-0.2, -0.15) is 13.2 Å². The third kappa shape index (κ3) is 3.30. The van der Waals surface area contributed by atoms with E-state index in [0.29, 0.717) is 12.0 Å². The number of alkyl halides is 3. The second-order valence-corrected chi connectivity index (χ2v) is 5.25. The van der Waals surface area contributed by atoms with Crippen molar-refractivity contribution in [1.82, 2.24) is 0 Å². The molecule has 19 heavy (non-hydrogen) atoms. The fourth-order valence-electron chi connectivity index (χ4n) is 3.22. The van der Waals surface area contributed by atoms with Crippen molar-refractivity contribution < 1.29 is 18.3 Å². The first-order valence-corrected chi connectivity index (χ1v) is 6.81. The van der Waals surface area contributed by atoms with E-state index < -0.39 is 11.7 Å². The Kier molecular flexibility index (Phi) is 4.50. The van der Waals surface area contributed by atoms with Crippen LogP contribution in [0.1, 0.15) is 49.1 Å². The standard InChI is InChI=1S/C15H19F3O/c16-15(17,18)14-8-4-3-7-13(14)12(9-10-19)11-5-1-2-6-11/h3-4,7-8,11-12,19H,1-2,5-6,9-10H2. The van der Waals surface area contributed by atoms with Gasteiger partial charge in [-0.1, -0.05) is 31.0 Å². The minimum absolute atomic E-state index is 0.0621. The zero-order valence-corrected chi connectivity index (χ0v) is 10.8. The van der Waals surface area contributed by atoms with Gasteiger partial charge in [0, 0.05) is 6.61 Å². The molecule has 0 saturated heterocycles. The summed E-state index contributed by atoms with van der Waals surface area (Å²) in [5, 5.41) is 9.17. The molecule has 1 nitrogen and oxygen atoms in total. The van der Waals surface area contributed by atoms with E-state index in [1.165, 1.54) is 6.07 Å². The second kappa shape index (κ2) is 5.95. The summed E-state index contributed by atoms with van der Waals surface area (Å²) >= 11 is 0. The van der Waals surface area contributed by atoms with Crippen LogP contribution in [0, 0.1) is 5.92 Å². The number of benzene rings is 1. The lowest BCUT2D eigenvalue weighted by Gasteiger charge is -2.26. The van der Waals surface area contributed by atoms with Gasteiger partial charge in [-0.05, 0) is 42.7 Å². The van der Waals surface area contributed by atoms with Crippen LogP contribution >= 0.6 is 0 Å². The summed E-state index contributed by atoms with van der Waals surface area (Å²) in [4.78, 5) is 0. The molecular formula is C15H19F3O. The molecule has 0 aliphatic heterocycles. The van der Waals surface area contributed by atoms with Gasteiger partial charge in [0.15, 0.2) is 0 Å². The summed E-state index contributed by atoms with van der Waals surface area (Å²) in [5.41, 5.74) is -0.184. The molecule has 1 aliphatic carbocycles. The molecule has 0 heterocycles. The van der Waals surface area contributed by atoms with Gasteiger partial charge in [0.1, 0.15) is 0 Å². The summed E-state index contributed by atoms with van der Waals surface area (Å²) < 4.78 is 39.2. The van der Waals surface area contributed by atoms with Crippen molar-refractivity contribution in [3.05, 3.63) is 35.4 Å². The van der Waals surface area contributed by atoms with Gasteiger partial charge in [-0.25, -0.2) is 0 Å². The number of aliphatic hydroxyl groups is 1. The number of hydrogen-bond donors (Lipinski definition) is 1. The van der Waals surface area contributed by atoms with Gasteiger partial charge >= 0.3 is 6.18 Å². The van der Waals surface area contributed by atoms with Crippen LogP contribution < -0.4 is 0 Å². The quantitative estimate of drug-likeness (QED) is 0.863. The lowest BCUT2D eigenvalue weighted by atomic mass is 9.80. The number of hydrogen-bond acceptors (Lipinski definition) is 1. The Morgan fingerprint density at radius 1 is 1.16 bits per heavy atom. The monoisotopic (exact) mass is 272 g/mol. The van der Waals surface area contributed by atoms with Crippen molar-refractivity contribution in [2.45, 2.75) is 44.2 Å². The van der Waals surface area contributed by atoms with Gasteiger partial charge in [-0.3, -0.25) is 0 Å². The second-order valence-electron chi connectivity index (χ2n) is 5.25. The summed E-state index contributed by atoms with van der Waals surface area (Å²) in [7, 11) is 0. The van der Waals surface area contributed by atoms with Crippen LogP contribution in [0.15, 0.2) is 24.3 Å². The van der Waals surface area contributed by atoms with Crippen molar-refractivity contribution in [1.29, 1.82) is 0 Å². The number of halogens is 3. The lowest BCUT2D eigenvalue weighted by Crippen LogP contribution is -2.17. The SMILES string of the molecule is OCCC(c1ccccc1C(F)(F)F)C1CCCC1. The smallest absolute Gasteiger partial charge is 0.396 e. The Balaban J connectivity index is 2.35. The Labute approximate surface area is 111 Å². The predicted molar refractivity (Wildman–Crippen MR) is 67.8 cm³/mol. The molecule has 0 aromatic heterocycles. The molecule has 1 aromatic rings. The van der Waals surface area contributed by atoms with Crippen molar-refractivity contribution in [2.24, 2.45) is 5.92 Å². The van der Waals surface area contributed by atoms with Crippen molar-refractivity contribution in [3.8, 4) is 0 Å². The van der Waals surface area contributed by atoms with Crippen molar-refractivity contribution >= 4 is 0 Å². The fourth-order valence-corrected chi connectivity index (χ4v) is 3.22. The molecule has 106 valence electrons. The Bertz CT molecular complexity index is 408. The molecule has 2 rings (SSSR count). The molecule has 0 bridgehead atoms. The van der Waals surface area contributed by atoms with E-state index in [0.717, 1.165) is 31.7 Å². The molecule has 0 radical (unpaired) electrons. The summed E-state index contributed by atoms with van der Waals surface area (Å²) in [5.74, 6) is 0.0981. The van der Waals surface area contributed by atoms with E-state index in [9.17, 15) is 18.3 Å². The van der Waals surface area contributed by atoms with Crippen LogP contribution in [0.4, 0.5) is 13.2 Å². The average Bonchev–Trinajstić information content (AvgIpc) is 2.88. The minimum atomic E-state index is -4.32. The molecular weight excluding hydrogens is 253 g/mol. The summed E-state index contributed by atoms with van der Waals surface area (Å²) in [6.45, 7) is -0.0621. The molecule has 1 aliphatic rings. The third-order valence-corrected chi connectivity index (χ3v) is 4.07. The van der Waals surface area contributed by atoms with E-state index in [4.69, 9.17) is 0 Å². The average molecular weight is 272 g/mol. The van der Waals surface area contributed by atoms with E-state index >= 15 is 0 Å². The first-order valence-electron chi connectivity index (χ1n) is 6.81. The molecule has 1 aromatic carbocycles. The highest BCUT2D eigenvalue weighted by Crippen LogP contribution is 2.43. The summed E-state index contributed by atoms with van der Waals surface area (Å²) in [6.07, 6.45) is 0.204. The third-order valence-electron chi connectivity index (χ3n) is 4.07. The van der Waals surface area contributed by atoms with Crippen LogP contribution in [0.2, 0.25) is 0 Å². The maximum atomic E-state index is 13.1. The maximum absolute atomic E-state index is 13.1. The fraction of sp³-hybridized carbons (Fsp3) is 0.600. The van der Waals surface area contributed by atoms with E-state index in [1.54, 1.807) is 12.1 Å². The number of rotatable bonds is 4. The molecule has 1 fully saturated rings.